The lowest BCUT2D eigenvalue weighted by Gasteiger charge is -2.40. The molecule has 2 saturated heterocycles. The minimum atomic E-state index is -2.10. The molecule has 2 aliphatic rings. The molecule has 2 fully saturated rings. The summed E-state index contributed by atoms with van der Waals surface area (Å²) < 4.78 is 50.8. The van der Waals surface area contributed by atoms with Crippen LogP contribution in [0.15, 0.2) is 66.7 Å². The molecule has 8 atom stereocenters. The third-order valence-corrected chi connectivity index (χ3v) is 20.7. The van der Waals surface area contributed by atoms with Crippen LogP contribution < -0.4 is 9.92 Å². The van der Waals surface area contributed by atoms with Gasteiger partial charge in [0, 0.05) is 13.5 Å². The van der Waals surface area contributed by atoms with Crippen molar-refractivity contribution in [3.8, 4) is 18.1 Å². The van der Waals surface area contributed by atoms with Crippen molar-refractivity contribution in [2.75, 3.05) is 27.6 Å². The molecule has 0 amide bonds. The Morgan fingerprint density at radius 1 is 0.982 bits per heavy atom. The van der Waals surface area contributed by atoms with E-state index in [-0.39, 0.29) is 53.8 Å². The Balaban J connectivity index is 1.56. The number of allylic oxidation sites excluding steroid dienone is 1. The van der Waals surface area contributed by atoms with E-state index in [4.69, 9.17) is 44.0 Å². The molecule has 0 aliphatic carbocycles. The van der Waals surface area contributed by atoms with E-state index >= 15 is 0 Å². The van der Waals surface area contributed by atoms with Crippen LogP contribution in [0.25, 0.3) is 0 Å². The number of rotatable bonds is 20. The summed E-state index contributed by atoms with van der Waals surface area (Å²) in [6.45, 7) is 23.4. The average molecular weight is 795 g/mol. The lowest BCUT2D eigenvalue weighted by molar-refractivity contribution is -0.185. The molecule has 55 heavy (non-hydrogen) atoms. The average Bonchev–Trinajstić information content (AvgIpc) is 3.70. The molecular weight excluding hydrogens is 725 g/mol. The number of hydrogen-bond donors (Lipinski definition) is 0. The van der Waals surface area contributed by atoms with Crippen molar-refractivity contribution in [3.63, 3.8) is 0 Å². The highest BCUT2D eigenvalue weighted by atomic mass is 28.4. The fraction of sp³-hybridized carbons (Fsp3) is 0.644. The molecule has 0 aromatic heterocycles. The lowest BCUT2D eigenvalue weighted by Crippen LogP contribution is -2.54. The summed E-state index contributed by atoms with van der Waals surface area (Å²) >= 11 is 0. The molecule has 0 N–H and O–H groups in total. The first-order chi connectivity index (χ1) is 25.9. The molecule has 10 heteroatoms. The summed E-state index contributed by atoms with van der Waals surface area (Å²) in [5.74, 6) is 3.04. The van der Waals surface area contributed by atoms with Crippen LogP contribution in [0, 0.1) is 18.3 Å². The van der Waals surface area contributed by atoms with Gasteiger partial charge in [-0.1, -0.05) is 101 Å². The molecule has 306 valence electrons. The largest absolute Gasteiger partial charge is 0.497 e. The first kappa shape index (κ1) is 45.4. The van der Waals surface area contributed by atoms with Crippen molar-refractivity contribution in [1.29, 1.82) is 0 Å². The molecule has 0 bridgehead atoms. The Labute approximate surface area is 335 Å². The Kier molecular flexibility index (Phi) is 16.4. The van der Waals surface area contributed by atoms with Gasteiger partial charge in [-0.05, 0) is 80.4 Å². The number of hydrogen-bond acceptors (Lipinski definition) is 8. The molecule has 0 unspecified atom stereocenters. The number of terminal acetylenes is 1. The van der Waals surface area contributed by atoms with E-state index in [1.807, 2.05) is 38.1 Å². The maximum absolute atomic E-state index is 7.17. The van der Waals surface area contributed by atoms with Crippen molar-refractivity contribution in [3.05, 3.63) is 72.3 Å². The molecule has 8 nitrogen and oxygen atoms in total. The summed E-state index contributed by atoms with van der Waals surface area (Å²) in [6, 6.07) is 18.9. The van der Waals surface area contributed by atoms with Gasteiger partial charge < -0.3 is 37.6 Å². The first-order valence-corrected chi connectivity index (χ1v) is 26.1. The zero-order valence-corrected chi connectivity index (χ0v) is 37.8. The van der Waals surface area contributed by atoms with Gasteiger partial charge in [0.25, 0.3) is 0 Å². The zero-order chi connectivity index (χ0) is 40.4. The van der Waals surface area contributed by atoms with Crippen LogP contribution in [0.3, 0.4) is 0 Å². The Morgan fingerprint density at radius 3 is 2.29 bits per heavy atom. The molecule has 4 rings (SSSR count). The fourth-order valence-electron chi connectivity index (χ4n) is 7.57. The second-order valence-electron chi connectivity index (χ2n) is 17.9. The van der Waals surface area contributed by atoms with Crippen LogP contribution >= 0.6 is 0 Å². The maximum Gasteiger partial charge on any atom is 0.192 e. The van der Waals surface area contributed by atoms with E-state index < -0.39 is 28.3 Å². The fourth-order valence-corrected chi connectivity index (χ4v) is 12.0. The van der Waals surface area contributed by atoms with Gasteiger partial charge >= 0.3 is 0 Å². The number of methoxy groups -OCH3 is 2. The summed E-state index contributed by atoms with van der Waals surface area (Å²) in [7, 11) is -0.711. The van der Waals surface area contributed by atoms with Gasteiger partial charge in [0.05, 0.1) is 46.7 Å². The van der Waals surface area contributed by atoms with Crippen LogP contribution in [0.4, 0.5) is 0 Å². The highest BCUT2D eigenvalue weighted by Gasteiger charge is 2.52. The molecular formula is C45H70O8Si2. The summed E-state index contributed by atoms with van der Waals surface area (Å²) in [4.78, 5) is 0. The third kappa shape index (κ3) is 12.3. The van der Waals surface area contributed by atoms with Crippen molar-refractivity contribution in [1.82, 2.24) is 0 Å². The summed E-state index contributed by atoms with van der Waals surface area (Å²) in [5.41, 5.74) is 1.31. The SMILES string of the molecule is C#CC[C@@H](C)[C@@H](OCc1ccc(OC)cc1)[C@H](OCOC)[C@H]1O[C@@H](CC/C=C/[C@H]2OC(C)(C)O[C@@H]2CO[Si](C)(C)C(C)(C)C)C[C@@H]1[Si](C)(C)c1ccccc1. The predicted octanol–water partition coefficient (Wildman–Crippen LogP) is 9.25. The molecule has 2 aromatic rings. The van der Waals surface area contributed by atoms with Crippen LogP contribution in [0.2, 0.25) is 36.8 Å². The second-order valence-corrected chi connectivity index (χ2v) is 27.5. The Bertz CT molecular complexity index is 1510. The highest BCUT2D eigenvalue weighted by Crippen LogP contribution is 2.45. The van der Waals surface area contributed by atoms with Gasteiger partial charge in [0.1, 0.15) is 30.9 Å². The third-order valence-electron chi connectivity index (χ3n) is 12.0. The van der Waals surface area contributed by atoms with E-state index in [9.17, 15) is 0 Å². The highest BCUT2D eigenvalue weighted by molar-refractivity contribution is 6.91. The smallest absolute Gasteiger partial charge is 0.192 e. The monoisotopic (exact) mass is 794 g/mol. The molecule has 2 heterocycles. The molecule has 0 radical (unpaired) electrons. The van der Waals surface area contributed by atoms with Crippen LogP contribution in [0.1, 0.15) is 72.8 Å². The van der Waals surface area contributed by atoms with E-state index in [1.54, 1.807) is 14.2 Å². The van der Waals surface area contributed by atoms with Crippen molar-refractivity contribution >= 4 is 21.6 Å². The Hall–Kier alpha value is -2.31. The van der Waals surface area contributed by atoms with Gasteiger partial charge in [-0.15, -0.1) is 12.3 Å². The van der Waals surface area contributed by atoms with Crippen molar-refractivity contribution in [2.45, 2.75) is 153 Å². The number of benzene rings is 2. The van der Waals surface area contributed by atoms with Crippen molar-refractivity contribution in [2.24, 2.45) is 5.92 Å². The molecule has 0 saturated carbocycles. The summed E-state index contributed by atoms with van der Waals surface area (Å²) in [5, 5.41) is 1.52. The van der Waals surface area contributed by atoms with Gasteiger partial charge in [0.15, 0.2) is 14.1 Å². The lowest BCUT2D eigenvalue weighted by atomic mass is 9.92. The Morgan fingerprint density at radius 2 is 1.67 bits per heavy atom. The van der Waals surface area contributed by atoms with Crippen molar-refractivity contribution < 1.29 is 37.6 Å². The van der Waals surface area contributed by atoms with E-state index in [1.165, 1.54) is 5.19 Å². The van der Waals surface area contributed by atoms with Gasteiger partial charge in [-0.3, -0.25) is 0 Å². The molecule has 2 aliphatic heterocycles. The maximum atomic E-state index is 7.17. The minimum absolute atomic E-state index is 0.0179. The summed E-state index contributed by atoms with van der Waals surface area (Å²) in [6.07, 6.45) is 12.3. The molecule has 2 aromatic carbocycles. The standard InChI is InChI=1S/C45H70O8Si2/c1-14-20-33(2)41(48-30-34-25-27-35(47-9)28-26-34)43(49-32-46-8)42-40(54(10,11)37-22-16-15-17-23-37)29-36(51-42)21-18-19-24-38-39(53-45(6,7)52-38)31-50-55(12,13)44(3,4)5/h1,15-17,19,22-28,33,36,38-43H,18,20-21,29-32H2,2-13H3/b24-19+/t33-,36+,38-,39-,40+,41-,42+,43+/m1/s1. The predicted molar refractivity (Wildman–Crippen MR) is 227 cm³/mol. The molecule has 0 spiro atoms. The normalized spacial score (nSPS) is 24.8. The van der Waals surface area contributed by atoms with E-state index in [0.717, 1.165) is 30.6 Å². The van der Waals surface area contributed by atoms with Crippen LogP contribution in [-0.2, 0) is 39.5 Å². The van der Waals surface area contributed by atoms with Crippen LogP contribution in [0.5, 0.6) is 5.75 Å². The van der Waals surface area contributed by atoms with Gasteiger partial charge in [0.2, 0.25) is 0 Å². The van der Waals surface area contributed by atoms with Crippen LogP contribution in [-0.4, -0.2) is 86.4 Å². The van der Waals surface area contributed by atoms with E-state index in [2.05, 4.69) is 102 Å². The minimum Gasteiger partial charge on any atom is -0.497 e. The topological polar surface area (TPSA) is 73.8 Å². The van der Waals surface area contributed by atoms with Gasteiger partial charge in [-0.25, -0.2) is 0 Å². The number of ether oxygens (including phenoxy) is 7. The first-order valence-electron chi connectivity index (χ1n) is 20.1. The second kappa shape index (κ2) is 19.9. The van der Waals surface area contributed by atoms with E-state index in [0.29, 0.717) is 19.6 Å². The quantitative estimate of drug-likeness (QED) is 0.0569. The zero-order valence-electron chi connectivity index (χ0n) is 35.8. The van der Waals surface area contributed by atoms with Gasteiger partial charge in [-0.2, -0.15) is 0 Å².